The summed E-state index contributed by atoms with van der Waals surface area (Å²) in [6.07, 6.45) is 1.30. The predicted octanol–water partition coefficient (Wildman–Crippen LogP) is 4.94. The van der Waals surface area contributed by atoms with Gasteiger partial charge >= 0.3 is 24.1 Å². The average Bonchev–Trinajstić information content (AvgIpc) is 3.20. The summed E-state index contributed by atoms with van der Waals surface area (Å²) in [7, 11) is -7.40. The van der Waals surface area contributed by atoms with Crippen LogP contribution in [-0.2, 0) is 60.1 Å². The number of halogens is 4. The number of nitrogens with one attached hydrogen (secondary N) is 1. The molecule has 0 amide bonds. The Kier molecular flexibility index (Phi) is 23.6. The minimum Gasteiger partial charge on any atom is -0.778 e. The Morgan fingerprint density at radius 1 is 0.956 bits per heavy atom. The van der Waals surface area contributed by atoms with Crippen LogP contribution in [0.5, 0.6) is 11.5 Å². The van der Waals surface area contributed by atoms with E-state index in [0.29, 0.717) is 23.4 Å². The van der Waals surface area contributed by atoms with Crippen LogP contribution in [0.4, 0.5) is 24.5 Å². The summed E-state index contributed by atoms with van der Waals surface area (Å²) in [6, 6.07) is 8.16. The van der Waals surface area contributed by atoms with Gasteiger partial charge in [0.15, 0.2) is 33.3 Å². The SMILES string of the molecule is CCOC(=O)C(C)OC(=O)c1cc(Oc2ccc(C(F)(F)F)cc2Cl)ccc1[N+](=O)[O-].CS(=O)(=O)c1ccc(C(=O)C2C(=O)CCCC2=O)c([N+](=O)[O-])c1.C[S+](C)C.O=C(O)CNCP(=O)([O-])O. The van der Waals surface area contributed by atoms with Crippen LogP contribution in [0.15, 0.2) is 59.5 Å². The Hall–Kier alpha value is -5.83. The molecule has 0 saturated heterocycles. The van der Waals surface area contributed by atoms with Gasteiger partial charge in [0, 0.05) is 37.3 Å². The molecular weight excluding hydrogens is 1000 g/mol. The summed E-state index contributed by atoms with van der Waals surface area (Å²) in [5.74, 6) is -7.14. The molecule has 0 heterocycles. The van der Waals surface area contributed by atoms with Crippen molar-refractivity contribution < 1.29 is 93.9 Å². The zero-order valence-electron chi connectivity index (χ0n) is 36.6. The zero-order chi connectivity index (χ0) is 52.5. The highest BCUT2D eigenvalue weighted by atomic mass is 35.5. The van der Waals surface area contributed by atoms with Gasteiger partial charge in [0.1, 0.15) is 30.6 Å². The highest BCUT2D eigenvalue weighted by Crippen LogP contribution is 2.37. The molecule has 22 nitrogen and oxygen atoms in total. The van der Waals surface area contributed by atoms with Gasteiger partial charge in [-0.05, 0) is 67.6 Å². The van der Waals surface area contributed by atoms with Crippen LogP contribution in [0, 0.1) is 26.1 Å². The van der Waals surface area contributed by atoms with E-state index in [9.17, 15) is 80.0 Å². The van der Waals surface area contributed by atoms with E-state index in [2.05, 4.69) is 18.8 Å². The number of nitrogens with zero attached hydrogens (tertiary/aromatic N) is 2. The summed E-state index contributed by atoms with van der Waals surface area (Å²) in [5, 5.41) is 32.0. The van der Waals surface area contributed by atoms with E-state index in [1.807, 2.05) is 5.32 Å². The third-order valence-electron chi connectivity index (χ3n) is 7.97. The van der Waals surface area contributed by atoms with Crippen LogP contribution in [0.2, 0.25) is 5.02 Å². The Labute approximate surface area is 393 Å². The molecule has 1 fully saturated rings. The van der Waals surface area contributed by atoms with Gasteiger partial charge in [-0.25, -0.2) is 18.0 Å². The summed E-state index contributed by atoms with van der Waals surface area (Å²) in [6.45, 7) is 2.33. The van der Waals surface area contributed by atoms with Crippen molar-refractivity contribution in [3.8, 4) is 11.5 Å². The second-order valence-electron chi connectivity index (χ2n) is 14.1. The monoisotopic (exact) mass is 1050 g/mol. The molecule has 2 atom stereocenters. The van der Waals surface area contributed by atoms with Crippen molar-refractivity contribution in [2.45, 2.75) is 50.3 Å². The van der Waals surface area contributed by atoms with Crippen LogP contribution in [0.3, 0.4) is 0 Å². The first kappa shape index (κ1) is 60.2. The first-order chi connectivity index (χ1) is 31.2. The lowest BCUT2D eigenvalue weighted by molar-refractivity contribution is -0.385. The number of rotatable bonds is 15. The number of benzene rings is 3. The summed E-state index contributed by atoms with van der Waals surface area (Å²) >= 11 is 5.83. The van der Waals surface area contributed by atoms with Crippen molar-refractivity contribution in [2.24, 2.45) is 5.92 Å². The average molecular weight is 1050 g/mol. The third kappa shape index (κ3) is 20.6. The minimum absolute atomic E-state index is 0.0398. The number of aliphatic carboxylic acids is 1. The molecule has 374 valence electrons. The molecule has 29 heteroatoms. The quantitative estimate of drug-likeness (QED) is 0.0345. The molecule has 1 aliphatic rings. The van der Waals surface area contributed by atoms with Gasteiger partial charge in [-0.3, -0.25) is 44.7 Å². The predicted molar refractivity (Wildman–Crippen MR) is 234 cm³/mol. The molecule has 4 rings (SSSR count). The first-order valence-electron chi connectivity index (χ1n) is 18.9. The molecular formula is C39H44ClF3N3O19PS2. The topological polar surface area (TPSA) is 343 Å². The fourth-order valence-corrected chi connectivity index (χ4v) is 6.33. The van der Waals surface area contributed by atoms with E-state index < -0.39 is 122 Å². The van der Waals surface area contributed by atoms with Crippen LogP contribution >= 0.6 is 19.2 Å². The summed E-state index contributed by atoms with van der Waals surface area (Å²) in [4.78, 5) is 108. The molecule has 0 aliphatic heterocycles. The van der Waals surface area contributed by atoms with Gasteiger partial charge in [-0.15, -0.1) is 0 Å². The number of nitro benzene ring substituents is 2. The number of carboxylic acids is 1. The fourth-order valence-electron chi connectivity index (χ4n) is 5.08. The molecule has 2 unspecified atom stereocenters. The highest BCUT2D eigenvalue weighted by Gasteiger charge is 2.39. The summed E-state index contributed by atoms with van der Waals surface area (Å²) in [5.41, 5.74) is -3.33. The van der Waals surface area contributed by atoms with Crippen LogP contribution in [0.1, 0.15) is 59.4 Å². The number of ether oxygens (including phenoxy) is 3. The number of ketones is 3. The molecule has 1 saturated carbocycles. The largest absolute Gasteiger partial charge is 0.778 e. The van der Waals surface area contributed by atoms with E-state index in [-0.39, 0.29) is 40.9 Å². The van der Waals surface area contributed by atoms with Crippen LogP contribution in [0.25, 0.3) is 0 Å². The van der Waals surface area contributed by atoms with Crippen molar-refractivity contribution in [3.05, 3.63) is 96.5 Å². The fraction of sp³-hybridized carbons (Fsp3) is 0.385. The van der Waals surface area contributed by atoms with Gasteiger partial charge in [-0.1, -0.05) is 11.6 Å². The minimum atomic E-state index is -4.61. The number of hydrogen-bond donors (Lipinski definition) is 3. The lowest BCUT2D eigenvalue weighted by Crippen LogP contribution is -2.35. The number of carbonyl (C=O) groups is 6. The molecule has 3 N–H and O–H groups in total. The van der Waals surface area contributed by atoms with E-state index in [1.165, 1.54) is 6.92 Å². The smallest absolute Gasteiger partial charge is 0.416 e. The van der Waals surface area contributed by atoms with E-state index in [0.717, 1.165) is 54.8 Å². The molecule has 0 bridgehead atoms. The molecule has 0 radical (unpaired) electrons. The molecule has 1 aliphatic carbocycles. The molecule has 0 spiro atoms. The van der Waals surface area contributed by atoms with Crippen LogP contribution in [-0.4, -0.2) is 114 Å². The molecule has 3 aromatic rings. The van der Waals surface area contributed by atoms with Gasteiger partial charge in [0.05, 0.1) is 69.1 Å². The number of esters is 2. The van der Waals surface area contributed by atoms with E-state index in [4.69, 9.17) is 35.8 Å². The van der Waals surface area contributed by atoms with Gasteiger partial charge < -0.3 is 33.7 Å². The van der Waals surface area contributed by atoms with Crippen LogP contribution < -0.4 is 14.9 Å². The number of sulfone groups is 1. The van der Waals surface area contributed by atoms with Crippen molar-refractivity contribution in [1.82, 2.24) is 5.32 Å². The van der Waals surface area contributed by atoms with Gasteiger partial charge in [0.2, 0.25) is 0 Å². The molecule has 3 aromatic carbocycles. The zero-order valence-corrected chi connectivity index (χ0v) is 39.9. The Morgan fingerprint density at radius 2 is 1.51 bits per heavy atom. The normalized spacial score (nSPS) is 14.0. The maximum atomic E-state index is 12.8. The standard InChI is InChI=1S/C19H15ClF3NO7.C14H13NO7S.C3H8NO5P.C3H9S/c1-3-29-17(25)10(2)30-18(26)13-9-12(5-6-15(13)24(27)28)31-16-7-4-11(8-14(16)20)19(21,22)23;1-23(21,22)8-5-6-9(10(7-8)15(19)20)14(18)13-11(16)3-2-4-12(13)17;5-3(6)1-4-2-10(7,8)9;1-4(2)3/h4-10H,3H2,1-2H3;5-7,13H,2-4H2,1H3;4H,1-2H2,(H,5,6)(H2,7,8,9);1-3H3/q;;;+1/p-1. The number of carboxylic acid groups (broad SMARTS) is 1. The van der Waals surface area contributed by atoms with Crippen molar-refractivity contribution in [2.75, 3.05) is 44.5 Å². The number of Topliss-reactive ketones (excluding diaryl/α,β-unsaturated/α-hetero) is 3. The lowest BCUT2D eigenvalue weighted by Gasteiger charge is -2.18. The third-order valence-corrected chi connectivity index (χ3v) is 10.0. The van der Waals surface area contributed by atoms with Crippen molar-refractivity contribution >= 4 is 86.6 Å². The Balaban J connectivity index is 0.000000544. The second-order valence-corrected chi connectivity index (χ2v) is 20.6. The number of carbonyl (C=O) groups excluding carboxylic acids is 5. The second kappa shape index (κ2) is 26.6. The van der Waals surface area contributed by atoms with Gasteiger partial charge in [0.25, 0.3) is 11.4 Å². The highest BCUT2D eigenvalue weighted by molar-refractivity contribution is 7.94. The van der Waals surface area contributed by atoms with E-state index >= 15 is 0 Å². The lowest BCUT2D eigenvalue weighted by atomic mass is 9.81. The summed E-state index contributed by atoms with van der Waals surface area (Å²) < 4.78 is 86.1. The number of alkyl halides is 3. The number of hydrogen-bond acceptors (Lipinski definition) is 18. The Morgan fingerprint density at radius 3 is 1.97 bits per heavy atom. The maximum Gasteiger partial charge on any atom is 0.416 e. The Bertz CT molecular complexity index is 2520. The molecule has 68 heavy (non-hydrogen) atoms. The van der Waals surface area contributed by atoms with Crippen molar-refractivity contribution in [1.29, 1.82) is 0 Å². The van der Waals surface area contributed by atoms with Crippen molar-refractivity contribution in [3.63, 3.8) is 0 Å². The maximum absolute atomic E-state index is 12.8. The number of nitro groups is 2. The van der Waals surface area contributed by atoms with Gasteiger partial charge in [-0.2, -0.15) is 13.2 Å². The molecule has 0 aromatic heterocycles. The first-order valence-corrected chi connectivity index (χ1v) is 25.4. The van der Waals surface area contributed by atoms with E-state index in [1.54, 1.807) is 6.92 Å².